The Balaban J connectivity index is 1.45. The van der Waals surface area contributed by atoms with Crippen LogP contribution < -0.4 is 5.32 Å². The molecule has 0 aliphatic rings. The third kappa shape index (κ3) is 4.64. The number of pyridine rings is 1. The zero-order valence-corrected chi connectivity index (χ0v) is 17.0. The van der Waals surface area contributed by atoms with Crippen LogP contribution in [0.5, 0.6) is 0 Å². The molecule has 144 valence electrons. The summed E-state index contributed by atoms with van der Waals surface area (Å²) in [6.45, 7) is 0. The molecule has 4 rings (SSSR count). The van der Waals surface area contributed by atoms with Gasteiger partial charge in [0.2, 0.25) is 0 Å². The Morgan fingerprint density at radius 2 is 1.86 bits per heavy atom. The molecule has 29 heavy (non-hydrogen) atoms. The molecule has 7 heteroatoms. The fourth-order valence-corrected chi connectivity index (χ4v) is 3.94. The van der Waals surface area contributed by atoms with Gasteiger partial charge in [0, 0.05) is 40.6 Å². The van der Waals surface area contributed by atoms with Gasteiger partial charge >= 0.3 is 0 Å². The van der Waals surface area contributed by atoms with Crippen molar-refractivity contribution in [1.29, 1.82) is 0 Å². The lowest BCUT2D eigenvalue weighted by atomic mass is 10.3. The number of carbonyl (C=O) groups is 1. The lowest BCUT2D eigenvalue weighted by molar-refractivity contribution is 0.102. The molecule has 0 atom stereocenters. The maximum Gasteiger partial charge on any atom is 0.274 e. The maximum atomic E-state index is 12.8. The van der Waals surface area contributed by atoms with E-state index < -0.39 is 0 Å². The van der Waals surface area contributed by atoms with Gasteiger partial charge in [-0.25, -0.2) is 0 Å². The first-order valence-electron chi connectivity index (χ1n) is 9.00. The second-order valence-electron chi connectivity index (χ2n) is 6.28. The zero-order valence-electron chi connectivity index (χ0n) is 15.4. The number of thioether (sulfide) groups is 1. The molecule has 2 aromatic carbocycles. The summed E-state index contributed by atoms with van der Waals surface area (Å²) >= 11 is 7.07. The number of hydrogen-bond donors (Lipinski definition) is 2. The molecule has 0 radical (unpaired) electrons. The number of benzene rings is 2. The number of nitrogens with one attached hydrogen (secondary N) is 2. The van der Waals surface area contributed by atoms with Gasteiger partial charge in [0.1, 0.15) is 5.69 Å². The van der Waals surface area contributed by atoms with Crippen molar-refractivity contribution in [3.63, 3.8) is 0 Å². The van der Waals surface area contributed by atoms with E-state index in [2.05, 4.69) is 21.4 Å². The largest absolute Gasteiger partial charge is 0.336 e. The molecule has 4 aromatic rings. The monoisotopic (exact) mass is 418 g/mol. The van der Waals surface area contributed by atoms with Crippen molar-refractivity contribution in [3.05, 3.63) is 101 Å². The van der Waals surface area contributed by atoms with Crippen LogP contribution in [0.15, 0.2) is 90.2 Å². The zero-order chi connectivity index (χ0) is 20.1. The fraction of sp³-hybridized carbons (Fsp3) is 0.0455. The Hall–Kier alpha value is -3.16. The van der Waals surface area contributed by atoms with Crippen LogP contribution in [-0.2, 0) is 5.75 Å². The molecule has 0 saturated carbocycles. The lowest BCUT2D eigenvalue weighted by Gasteiger charge is -2.09. The van der Waals surface area contributed by atoms with Crippen LogP contribution in [0, 0.1) is 4.77 Å². The second kappa shape index (κ2) is 8.89. The summed E-state index contributed by atoms with van der Waals surface area (Å²) in [7, 11) is 0. The van der Waals surface area contributed by atoms with Crippen molar-refractivity contribution in [1.82, 2.24) is 14.5 Å². The Bertz CT molecular complexity index is 1150. The van der Waals surface area contributed by atoms with Crippen LogP contribution >= 0.6 is 24.0 Å². The number of imidazole rings is 1. The summed E-state index contributed by atoms with van der Waals surface area (Å²) in [6.07, 6.45) is 5.27. The molecular weight excluding hydrogens is 400 g/mol. The van der Waals surface area contributed by atoms with Crippen molar-refractivity contribution in [2.75, 3.05) is 5.32 Å². The fourth-order valence-electron chi connectivity index (χ4n) is 2.85. The number of aromatic nitrogens is 3. The molecular formula is C22H18N4OS2. The minimum atomic E-state index is -0.225. The SMILES string of the molecule is O=C(Nc1ccc(SCc2cccnc2)cc1)c1c[nH]c(=S)n1-c1ccccc1. The topological polar surface area (TPSA) is 62.7 Å². The van der Waals surface area contributed by atoms with E-state index in [4.69, 9.17) is 12.2 Å². The molecule has 0 spiro atoms. The number of H-pyrrole nitrogens is 1. The Morgan fingerprint density at radius 3 is 2.59 bits per heavy atom. The van der Waals surface area contributed by atoms with E-state index in [0.717, 1.165) is 22.0 Å². The summed E-state index contributed by atoms with van der Waals surface area (Å²) < 4.78 is 2.20. The number of aromatic amines is 1. The first-order chi connectivity index (χ1) is 14.2. The van der Waals surface area contributed by atoms with E-state index in [1.54, 1.807) is 28.7 Å². The number of carbonyl (C=O) groups excluding carboxylic acids is 1. The maximum absolute atomic E-state index is 12.8. The quantitative estimate of drug-likeness (QED) is 0.322. The van der Waals surface area contributed by atoms with Gasteiger partial charge < -0.3 is 10.3 Å². The summed E-state index contributed by atoms with van der Waals surface area (Å²) in [5, 5.41) is 2.94. The van der Waals surface area contributed by atoms with Gasteiger partial charge in [0.15, 0.2) is 4.77 Å². The molecule has 0 aliphatic carbocycles. The van der Waals surface area contributed by atoms with Crippen molar-refractivity contribution >= 4 is 35.6 Å². The third-order valence-electron chi connectivity index (χ3n) is 4.26. The minimum absolute atomic E-state index is 0.225. The van der Waals surface area contributed by atoms with Crippen LogP contribution in [0.3, 0.4) is 0 Å². The van der Waals surface area contributed by atoms with Crippen molar-refractivity contribution in [2.45, 2.75) is 10.6 Å². The first-order valence-corrected chi connectivity index (χ1v) is 10.4. The van der Waals surface area contributed by atoms with E-state index in [0.29, 0.717) is 10.5 Å². The average molecular weight is 419 g/mol. The van der Waals surface area contributed by atoms with Crippen LogP contribution in [-0.4, -0.2) is 20.4 Å². The average Bonchev–Trinajstić information content (AvgIpc) is 3.16. The second-order valence-corrected chi connectivity index (χ2v) is 7.71. The van der Waals surface area contributed by atoms with Crippen molar-refractivity contribution < 1.29 is 4.79 Å². The predicted octanol–water partition coefficient (Wildman–Crippen LogP) is 5.47. The lowest BCUT2D eigenvalue weighted by Crippen LogP contribution is -2.16. The van der Waals surface area contributed by atoms with Gasteiger partial charge in [-0.3, -0.25) is 14.3 Å². The van der Waals surface area contributed by atoms with Crippen LogP contribution in [0.1, 0.15) is 16.1 Å². The summed E-state index contributed by atoms with van der Waals surface area (Å²) in [5.41, 5.74) is 3.20. The van der Waals surface area contributed by atoms with E-state index in [-0.39, 0.29) is 5.91 Å². The van der Waals surface area contributed by atoms with Crippen LogP contribution in [0.4, 0.5) is 5.69 Å². The van der Waals surface area contributed by atoms with Gasteiger partial charge in [-0.05, 0) is 60.2 Å². The molecule has 5 nitrogen and oxygen atoms in total. The highest BCUT2D eigenvalue weighted by Gasteiger charge is 2.14. The van der Waals surface area contributed by atoms with Gasteiger partial charge in [0.25, 0.3) is 5.91 Å². The Morgan fingerprint density at radius 1 is 1.07 bits per heavy atom. The standard InChI is InChI=1S/C22H18N4OS2/c27-21(20-14-24-22(28)26(20)18-6-2-1-3-7-18)25-17-8-10-19(11-9-17)29-15-16-5-4-12-23-13-16/h1-14H,15H2,(H,24,28)(H,25,27). The number of anilines is 1. The van der Waals surface area contributed by atoms with Gasteiger partial charge in [-0.15, -0.1) is 11.8 Å². The first kappa shape index (κ1) is 19.2. The molecule has 0 fully saturated rings. The number of amides is 1. The predicted molar refractivity (Wildman–Crippen MR) is 119 cm³/mol. The smallest absolute Gasteiger partial charge is 0.274 e. The number of rotatable bonds is 6. The van der Waals surface area contributed by atoms with E-state index in [9.17, 15) is 4.79 Å². The van der Waals surface area contributed by atoms with Crippen LogP contribution in [0.2, 0.25) is 0 Å². The van der Waals surface area contributed by atoms with Gasteiger partial charge in [-0.1, -0.05) is 24.3 Å². The van der Waals surface area contributed by atoms with E-state index in [1.165, 1.54) is 5.56 Å². The molecule has 0 aliphatic heterocycles. The van der Waals surface area contributed by atoms with Crippen molar-refractivity contribution in [2.24, 2.45) is 0 Å². The molecule has 2 heterocycles. The molecule has 1 amide bonds. The number of para-hydroxylation sites is 1. The number of hydrogen-bond acceptors (Lipinski definition) is 4. The van der Waals surface area contributed by atoms with Gasteiger partial charge in [0.05, 0.1) is 0 Å². The molecule has 0 unspecified atom stereocenters. The van der Waals surface area contributed by atoms with Crippen molar-refractivity contribution in [3.8, 4) is 5.69 Å². The summed E-state index contributed by atoms with van der Waals surface area (Å²) in [4.78, 5) is 21.0. The van der Waals surface area contributed by atoms with Crippen LogP contribution in [0.25, 0.3) is 5.69 Å². The highest BCUT2D eigenvalue weighted by atomic mass is 32.2. The van der Waals surface area contributed by atoms with E-state index >= 15 is 0 Å². The van der Waals surface area contributed by atoms with Gasteiger partial charge in [-0.2, -0.15) is 0 Å². The summed E-state index contributed by atoms with van der Waals surface area (Å²) in [6, 6.07) is 21.4. The highest BCUT2D eigenvalue weighted by molar-refractivity contribution is 7.98. The number of nitrogens with zero attached hydrogens (tertiary/aromatic N) is 2. The minimum Gasteiger partial charge on any atom is -0.336 e. The highest BCUT2D eigenvalue weighted by Crippen LogP contribution is 2.24. The summed E-state index contributed by atoms with van der Waals surface area (Å²) in [5.74, 6) is 0.624. The Labute approximate surface area is 177 Å². The molecule has 2 aromatic heterocycles. The van der Waals surface area contributed by atoms with E-state index in [1.807, 2.05) is 66.9 Å². The normalized spacial score (nSPS) is 10.6. The Kier molecular flexibility index (Phi) is 5.88. The molecule has 0 saturated heterocycles. The third-order valence-corrected chi connectivity index (χ3v) is 5.65. The molecule has 2 N–H and O–H groups in total. The molecule has 0 bridgehead atoms.